The van der Waals surface area contributed by atoms with Crippen molar-refractivity contribution in [2.75, 3.05) is 18.9 Å². The van der Waals surface area contributed by atoms with E-state index in [1.165, 1.54) is 6.33 Å². The van der Waals surface area contributed by atoms with Gasteiger partial charge in [-0.15, -0.1) is 0 Å². The van der Waals surface area contributed by atoms with E-state index in [4.69, 9.17) is 24.0 Å². The van der Waals surface area contributed by atoms with Crippen LogP contribution in [0.5, 0.6) is 0 Å². The van der Waals surface area contributed by atoms with Gasteiger partial charge in [-0.1, -0.05) is 6.92 Å². The molecule has 0 aliphatic carbocycles. The Hall–Kier alpha value is -1.92. The Morgan fingerprint density at radius 3 is 3.00 bits per heavy atom. The zero-order chi connectivity index (χ0) is 24.1. The van der Waals surface area contributed by atoms with E-state index in [-0.39, 0.29) is 19.1 Å². The molecule has 0 amide bonds. The predicted molar refractivity (Wildman–Crippen MR) is 126 cm³/mol. The van der Waals surface area contributed by atoms with Crippen LogP contribution < -0.4 is 5.73 Å². The molecular weight excluding hydrogens is 529 g/mol. The van der Waals surface area contributed by atoms with Gasteiger partial charge in [-0.25, -0.2) is 19.5 Å². The Bertz CT molecular complexity index is 1260. The van der Waals surface area contributed by atoms with Gasteiger partial charge in [0.05, 0.1) is 30.8 Å². The SMILES string of the molecule is C[C@@H]1[C@@H](COP2(=O)OCC[C@@H](c3ccnc(Br)c3)O2)O[C@@H](n2ccc3c(N)ncnc32)[C@]1(C)O. The number of rotatable bonds is 5. The quantitative estimate of drug-likeness (QED) is 0.353. The maximum Gasteiger partial charge on any atom is 0.475 e. The second-order valence-corrected chi connectivity index (χ2v) is 11.1. The molecule has 0 aromatic carbocycles. The Morgan fingerprint density at radius 2 is 2.21 bits per heavy atom. The molecule has 13 heteroatoms. The maximum atomic E-state index is 13.2. The van der Waals surface area contributed by atoms with Gasteiger partial charge in [0.15, 0.2) is 6.23 Å². The van der Waals surface area contributed by atoms with E-state index < -0.39 is 31.9 Å². The van der Waals surface area contributed by atoms with Gasteiger partial charge < -0.3 is 20.1 Å². The molecule has 0 spiro atoms. The van der Waals surface area contributed by atoms with Crippen molar-refractivity contribution in [3.8, 4) is 0 Å². The molecule has 34 heavy (non-hydrogen) atoms. The van der Waals surface area contributed by atoms with Gasteiger partial charge >= 0.3 is 7.82 Å². The molecule has 1 unspecified atom stereocenters. The van der Waals surface area contributed by atoms with Crippen LogP contribution in [0.2, 0.25) is 0 Å². The van der Waals surface area contributed by atoms with Gasteiger partial charge in [0.1, 0.15) is 28.0 Å². The highest BCUT2D eigenvalue weighted by Crippen LogP contribution is 2.57. The van der Waals surface area contributed by atoms with Crippen molar-refractivity contribution in [1.82, 2.24) is 19.5 Å². The summed E-state index contributed by atoms with van der Waals surface area (Å²) in [6.45, 7) is 3.67. The van der Waals surface area contributed by atoms with E-state index in [0.29, 0.717) is 27.9 Å². The lowest BCUT2D eigenvalue weighted by Crippen LogP contribution is -2.38. The van der Waals surface area contributed by atoms with Gasteiger partial charge in [0.25, 0.3) is 0 Å². The molecule has 2 aliphatic heterocycles. The number of nitrogens with zero attached hydrogens (tertiary/aromatic N) is 4. The lowest BCUT2D eigenvalue weighted by molar-refractivity contribution is -0.0884. The smallest absolute Gasteiger partial charge is 0.385 e. The summed E-state index contributed by atoms with van der Waals surface area (Å²) in [4.78, 5) is 12.4. The molecule has 0 radical (unpaired) electrons. The van der Waals surface area contributed by atoms with Crippen LogP contribution in [-0.2, 0) is 22.9 Å². The number of ether oxygens (including phenoxy) is 1. The molecule has 5 heterocycles. The minimum Gasteiger partial charge on any atom is -0.385 e. The fourth-order valence-electron chi connectivity index (χ4n) is 4.32. The van der Waals surface area contributed by atoms with E-state index in [2.05, 4.69) is 30.9 Å². The number of hydrogen-bond donors (Lipinski definition) is 2. The Labute approximate surface area is 204 Å². The Balaban J connectivity index is 1.31. The van der Waals surface area contributed by atoms with E-state index in [9.17, 15) is 9.67 Å². The number of aliphatic hydroxyl groups is 1. The fraction of sp³-hybridized carbons (Fsp3) is 0.476. The summed E-state index contributed by atoms with van der Waals surface area (Å²) in [5.41, 5.74) is 6.04. The monoisotopic (exact) mass is 553 g/mol. The van der Waals surface area contributed by atoms with Crippen molar-refractivity contribution >= 4 is 40.6 Å². The second-order valence-electron chi connectivity index (χ2n) is 8.63. The fourth-order valence-corrected chi connectivity index (χ4v) is 6.10. The Morgan fingerprint density at radius 1 is 1.38 bits per heavy atom. The first-order valence-electron chi connectivity index (χ1n) is 10.8. The van der Waals surface area contributed by atoms with Gasteiger partial charge in [-0.3, -0.25) is 13.6 Å². The lowest BCUT2D eigenvalue weighted by Gasteiger charge is -2.30. The molecule has 2 saturated heterocycles. The highest BCUT2D eigenvalue weighted by atomic mass is 79.9. The van der Waals surface area contributed by atoms with Crippen molar-refractivity contribution in [1.29, 1.82) is 0 Å². The summed E-state index contributed by atoms with van der Waals surface area (Å²) >= 11 is 3.34. The number of phosphoric acid groups is 1. The van der Waals surface area contributed by atoms with Gasteiger partial charge in [0, 0.05) is 24.7 Å². The first-order chi connectivity index (χ1) is 16.2. The van der Waals surface area contributed by atoms with E-state index in [0.717, 1.165) is 5.56 Å². The molecule has 3 aromatic rings. The summed E-state index contributed by atoms with van der Waals surface area (Å²) < 4.78 is 38.6. The summed E-state index contributed by atoms with van der Waals surface area (Å²) in [7, 11) is -3.84. The average molecular weight is 554 g/mol. The number of pyridine rings is 1. The molecule has 2 aliphatic rings. The number of halogens is 1. The third-order valence-corrected chi connectivity index (χ3v) is 8.39. The minimum absolute atomic E-state index is 0.0891. The minimum atomic E-state index is -3.84. The summed E-state index contributed by atoms with van der Waals surface area (Å²) in [5, 5.41) is 12.0. The van der Waals surface area contributed by atoms with E-state index in [1.807, 2.05) is 13.0 Å². The summed E-state index contributed by atoms with van der Waals surface area (Å²) in [6.07, 6.45) is 3.49. The second kappa shape index (κ2) is 8.94. The third-order valence-electron chi connectivity index (χ3n) is 6.48. The van der Waals surface area contributed by atoms with Crippen molar-refractivity contribution in [3.05, 3.63) is 47.1 Å². The molecule has 6 atom stereocenters. The van der Waals surface area contributed by atoms with Crippen molar-refractivity contribution in [2.24, 2.45) is 5.92 Å². The molecule has 11 nitrogen and oxygen atoms in total. The van der Waals surface area contributed by atoms with Crippen LogP contribution in [-0.4, -0.2) is 49.5 Å². The van der Waals surface area contributed by atoms with Gasteiger partial charge in [0.2, 0.25) is 0 Å². The van der Waals surface area contributed by atoms with E-state index >= 15 is 0 Å². The number of fused-ring (bicyclic) bond motifs is 1. The molecule has 5 rings (SSSR count). The number of nitrogens with two attached hydrogens (primary N) is 1. The zero-order valence-corrected chi connectivity index (χ0v) is 21.1. The topological polar surface area (TPSA) is 144 Å². The number of nitrogen functional groups attached to an aromatic ring is 1. The van der Waals surface area contributed by atoms with Crippen LogP contribution in [0.3, 0.4) is 0 Å². The first-order valence-corrected chi connectivity index (χ1v) is 13.1. The number of aromatic nitrogens is 4. The number of hydrogen-bond acceptors (Lipinski definition) is 10. The van der Waals surface area contributed by atoms with Crippen molar-refractivity contribution in [3.63, 3.8) is 0 Å². The maximum absolute atomic E-state index is 13.2. The highest BCUT2D eigenvalue weighted by molar-refractivity contribution is 9.10. The average Bonchev–Trinajstić information content (AvgIpc) is 3.32. The van der Waals surface area contributed by atoms with Crippen LogP contribution in [0, 0.1) is 5.92 Å². The van der Waals surface area contributed by atoms with Crippen molar-refractivity contribution < 1.29 is 28.0 Å². The van der Waals surface area contributed by atoms with Gasteiger partial charge in [-0.2, -0.15) is 0 Å². The Kier molecular flexibility index (Phi) is 6.26. The third kappa shape index (κ3) is 4.28. The standard InChI is InChI=1S/C21H25BrN5O6P/c1-12-16(10-31-34(29)30-8-5-15(33-34)13-3-6-24-17(22)9-13)32-20(21(12,2)28)27-7-4-14-18(23)25-11-26-19(14)27/h3-4,6-7,9,11-12,15-16,20,28H,5,8,10H2,1-2H3,(H2,23,25,26)/t12-,15+,16-,20-,21-,34?/m1/s1. The summed E-state index contributed by atoms with van der Waals surface area (Å²) in [5.74, 6) is -0.0210. The molecule has 182 valence electrons. The van der Waals surface area contributed by atoms with Crippen molar-refractivity contribution in [2.45, 2.75) is 44.3 Å². The zero-order valence-electron chi connectivity index (χ0n) is 18.6. The van der Waals surface area contributed by atoms with Crippen LogP contribution in [0.25, 0.3) is 11.0 Å². The van der Waals surface area contributed by atoms with Crippen LogP contribution in [0.1, 0.15) is 38.2 Å². The van der Waals surface area contributed by atoms with Crippen LogP contribution >= 0.6 is 23.8 Å². The molecule has 3 N–H and O–H groups in total. The summed E-state index contributed by atoms with van der Waals surface area (Å²) in [6, 6.07) is 5.38. The largest absolute Gasteiger partial charge is 0.475 e. The van der Waals surface area contributed by atoms with Crippen LogP contribution in [0.4, 0.5) is 5.82 Å². The first kappa shape index (κ1) is 23.8. The molecular formula is C21H25BrN5O6P. The molecule has 0 bridgehead atoms. The van der Waals surface area contributed by atoms with E-state index in [1.54, 1.807) is 36.0 Å². The number of phosphoric ester groups is 1. The highest BCUT2D eigenvalue weighted by Gasteiger charge is 2.52. The number of anilines is 1. The molecule has 2 fully saturated rings. The molecule has 0 saturated carbocycles. The predicted octanol–water partition coefficient (Wildman–Crippen LogP) is 3.76. The normalized spacial score (nSPS) is 34.0. The lowest BCUT2D eigenvalue weighted by atomic mass is 9.88. The molecule has 3 aromatic heterocycles. The van der Waals surface area contributed by atoms with Crippen LogP contribution in [0.15, 0.2) is 41.5 Å². The van der Waals surface area contributed by atoms with Gasteiger partial charge in [-0.05, 0) is 46.6 Å².